The Bertz CT molecular complexity index is 378. The van der Waals surface area contributed by atoms with Crippen LogP contribution in [0.5, 0.6) is 0 Å². The molecule has 0 aromatic heterocycles. The van der Waals surface area contributed by atoms with Crippen LogP contribution in [0.15, 0.2) is 24.3 Å². The standard InChI is InChI=1S/C15H24N2O2.ClH/c1-3-17(4-2)11-5-6-12-19-15(18)13-7-9-14(16)10-8-13;/h7-10H,3-6,11-12,16H2,1-2H3;1H. The molecule has 1 rings (SSSR count). The Morgan fingerprint density at radius 2 is 1.75 bits per heavy atom. The molecule has 0 unspecified atom stereocenters. The summed E-state index contributed by atoms with van der Waals surface area (Å²) in [5.41, 5.74) is 6.77. The molecule has 20 heavy (non-hydrogen) atoms. The fourth-order valence-corrected chi connectivity index (χ4v) is 1.84. The fraction of sp³-hybridized carbons (Fsp3) is 0.533. The first kappa shape index (κ1) is 18.7. The van der Waals surface area contributed by atoms with Gasteiger partial charge in [0.25, 0.3) is 0 Å². The summed E-state index contributed by atoms with van der Waals surface area (Å²) in [4.78, 5) is 14.1. The second-order valence-corrected chi connectivity index (χ2v) is 4.49. The van der Waals surface area contributed by atoms with Gasteiger partial charge in [-0.1, -0.05) is 13.8 Å². The summed E-state index contributed by atoms with van der Waals surface area (Å²) in [6, 6.07) is 6.79. The van der Waals surface area contributed by atoms with Crippen molar-refractivity contribution in [3.63, 3.8) is 0 Å². The zero-order valence-electron chi connectivity index (χ0n) is 12.3. The molecule has 2 N–H and O–H groups in total. The Morgan fingerprint density at radius 1 is 1.15 bits per heavy atom. The van der Waals surface area contributed by atoms with E-state index in [9.17, 15) is 4.79 Å². The van der Waals surface area contributed by atoms with Gasteiger partial charge in [0.1, 0.15) is 0 Å². The quantitative estimate of drug-likeness (QED) is 0.455. The molecular formula is C15H25ClN2O2. The molecule has 1 aromatic carbocycles. The second kappa shape index (κ2) is 10.5. The lowest BCUT2D eigenvalue weighted by Crippen LogP contribution is -2.24. The van der Waals surface area contributed by atoms with Crippen LogP contribution in [-0.4, -0.2) is 37.1 Å². The number of ether oxygens (including phenoxy) is 1. The van der Waals surface area contributed by atoms with E-state index in [0.29, 0.717) is 17.9 Å². The van der Waals surface area contributed by atoms with Crippen LogP contribution in [-0.2, 0) is 4.74 Å². The van der Waals surface area contributed by atoms with E-state index in [2.05, 4.69) is 18.7 Å². The van der Waals surface area contributed by atoms with Gasteiger partial charge >= 0.3 is 5.97 Å². The molecule has 0 bridgehead atoms. The number of nitrogen functional groups attached to an aromatic ring is 1. The number of anilines is 1. The summed E-state index contributed by atoms with van der Waals surface area (Å²) in [5, 5.41) is 0. The Kier molecular flexibility index (Phi) is 9.86. The van der Waals surface area contributed by atoms with E-state index < -0.39 is 0 Å². The van der Waals surface area contributed by atoms with Gasteiger partial charge in [0.15, 0.2) is 0 Å². The van der Waals surface area contributed by atoms with Gasteiger partial charge in [-0.05, 0) is 56.7 Å². The van der Waals surface area contributed by atoms with E-state index in [1.807, 2.05) is 0 Å². The summed E-state index contributed by atoms with van der Waals surface area (Å²) >= 11 is 0. The summed E-state index contributed by atoms with van der Waals surface area (Å²) in [7, 11) is 0. The maximum absolute atomic E-state index is 11.7. The Labute approximate surface area is 127 Å². The zero-order valence-corrected chi connectivity index (χ0v) is 13.1. The van der Waals surface area contributed by atoms with Crippen molar-refractivity contribution in [1.29, 1.82) is 0 Å². The third-order valence-corrected chi connectivity index (χ3v) is 3.14. The molecule has 5 heteroatoms. The minimum Gasteiger partial charge on any atom is -0.462 e. The molecule has 0 spiro atoms. The molecule has 1 aromatic rings. The van der Waals surface area contributed by atoms with Crippen LogP contribution < -0.4 is 5.73 Å². The van der Waals surface area contributed by atoms with Gasteiger partial charge in [0.2, 0.25) is 0 Å². The van der Waals surface area contributed by atoms with Crippen molar-refractivity contribution in [2.45, 2.75) is 26.7 Å². The number of esters is 1. The molecule has 0 atom stereocenters. The molecular weight excluding hydrogens is 276 g/mol. The maximum atomic E-state index is 11.7. The number of nitrogens with zero attached hydrogens (tertiary/aromatic N) is 1. The molecule has 0 aliphatic carbocycles. The SMILES string of the molecule is CCN(CC)CCCCOC(=O)c1ccc(N)cc1.Cl. The number of carbonyl (C=O) groups is 1. The third-order valence-electron chi connectivity index (χ3n) is 3.14. The number of halogens is 1. The van der Waals surface area contributed by atoms with Gasteiger partial charge in [-0.3, -0.25) is 0 Å². The molecule has 0 amide bonds. The smallest absolute Gasteiger partial charge is 0.338 e. The highest BCUT2D eigenvalue weighted by Crippen LogP contribution is 2.07. The van der Waals surface area contributed by atoms with Gasteiger partial charge in [-0.2, -0.15) is 0 Å². The van der Waals surface area contributed by atoms with E-state index in [4.69, 9.17) is 10.5 Å². The van der Waals surface area contributed by atoms with Crippen LogP contribution in [0.4, 0.5) is 5.69 Å². The van der Waals surface area contributed by atoms with Crippen molar-refractivity contribution in [3.8, 4) is 0 Å². The molecule has 0 radical (unpaired) electrons. The van der Waals surface area contributed by atoms with Crippen LogP contribution in [0, 0.1) is 0 Å². The summed E-state index contributed by atoms with van der Waals surface area (Å²) in [5.74, 6) is -0.275. The first-order valence-corrected chi connectivity index (χ1v) is 6.92. The summed E-state index contributed by atoms with van der Waals surface area (Å²) in [6.07, 6.45) is 1.95. The second-order valence-electron chi connectivity index (χ2n) is 4.49. The number of nitrogens with two attached hydrogens (primary N) is 1. The average molecular weight is 301 g/mol. The topological polar surface area (TPSA) is 55.6 Å². The van der Waals surface area contributed by atoms with Crippen LogP contribution >= 0.6 is 12.4 Å². The molecule has 0 fully saturated rings. The van der Waals surface area contributed by atoms with Gasteiger partial charge in [0, 0.05) is 5.69 Å². The van der Waals surface area contributed by atoms with Crippen LogP contribution in [0.25, 0.3) is 0 Å². The molecule has 0 aliphatic heterocycles. The Morgan fingerprint density at radius 3 is 2.30 bits per heavy atom. The largest absolute Gasteiger partial charge is 0.462 e. The lowest BCUT2D eigenvalue weighted by Gasteiger charge is -2.17. The summed E-state index contributed by atoms with van der Waals surface area (Å²) < 4.78 is 5.22. The molecule has 4 nitrogen and oxygen atoms in total. The van der Waals surface area contributed by atoms with Gasteiger partial charge in [-0.15, -0.1) is 12.4 Å². The lowest BCUT2D eigenvalue weighted by atomic mass is 10.2. The molecule has 0 aliphatic rings. The van der Waals surface area contributed by atoms with E-state index in [0.717, 1.165) is 32.5 Å². The average Bonchev–Trinajstić information content (AvgIpc) is 2.43. The van der Waals surface area contributed by atoms with Gasteiger partial charge in [0.05, 0.1) is 12.2 Å². The summed E-state index contributed by atoms with van der Waals surface area (Å²) in [6.45, 7) is 8.00. The monoisotopic (exact) mass is 300 g/mol. The van der Waals surface area contributed by atoms with E-state index >= 15 is 0 Å². The normalized spacial score (nSPS) is 10.2. The van der Waals surface area contributed by atoms with Gasteiger partial charge < -0.3 is 15.4 Å². The highest BCUT2D eigenvalue weighted by molar-refractivity contribution is 5.89. The minimum absolute atomic E-state index is 0. The van der Waals surface area contributed by atoms with Crippen molar-refractivity contribution in [2.75, 3.05) is 32.0 Å². The highest BCUT2D eigenvalue weighted by Gasteiger charge is 2.06. The van der Waals surface area contributed by atoms with Crippen molar-refractivity contribution >= 4 is 24.1 Å². The first-order chi connectivity index (χ1) is 9.17. The molecule has 0 saturated carbocycles. The first-order valence-electron chi connectivity index (χ1n) is 6.92. The fourth-order valence-electron chi connectivity index (χ4n) is 1.84. The Hall–Kier alpha value is -1.26. The van der Waals surface area contributed by atoms with E-state index in [1.54, 1.807) is 24.3 Å². The van der Waals surface area contributed by atoms with Crippen LogP contribution in [0.1, 0.15) is 37.0 Å². The molecule has 114 valence electrons. The van der Waals surface area contributed by atoms with Crippen LogP contribution in [0.3, 0.4) is 0 Å². The zero-order chi connectivity index (χ0) is 14.1. The third kappa shape index (κ3) is 6.78. The van der Waals surface area contributed by atoms with Crippen molar-refractivity contribution in [2.24, 2.45) is 0 Å². The highest BCUT2D eigenvalue weighted by atomic mass is 35.5. The predicted octanol–water partition coefficient (Wildman–Crippen LogP) is 2.97. The van der Waals surface area contributed by atoms with Gasteiger partial charge in [-0.25, -0.2) is 4.79 Å². The molecule has 0 saturated heterocycles. The molecule has 0 heterocycles. The van der Waals surface area contributed by atoms with E-state index in [1.165, 1.54) is 0 Å². The van der Waals surface area contributed by atoms with E-state index in [-0.39, 0.29) is 18.4 Å². The number of unbranched alkanes of at least 4 members (excludes halogenated alkanes) is 1. The lowest BCUT2D eigenvalue weighted by molar-refractivity contribution is 0.0495. The number of carbonyl (C=O) groups excluding carboxylic acids is 1. The minimum atomic E-state index is -0.275. The maximum Gasteiger partial charge on any atom is 0.338 e. The number of hydrogen-bond donors (Lipinski definition) is 1. The van der Waals surface area contributed by atoms with Crippen molar-refractivity contribution in [1.82, 2.24) is 4.90 Å². The number of rotatable bonds is 8. The number of benzene rings is 1. The Balaban J connectivity index is 0.00000361. The number of hydrogen-bond acceptors (Lipinski definition) is 4. The van der Waals surface area contributed by atoms with Crippen molar-refractivity contribution < 1.29 is 9.53 Å². The van der Waals surface area contributed by atoms with Crippen molar-refractivity contribution in [3.05, 3.63) is 29.8 Å². The predicted molar refractivity (Wildman–Crippen MR) is 85.4 cm³/mol. The van der Waals surface area contributed by atoms with Crippen LogP contribution in [0.2, 0.25) is 0 Å².